The molecule has 24 heavy (non-hydrogen) atoms. The molecule has 134 valence electrons. The number of carbonyl (C=O) groups excluding carboxylic acids is 1. The molecule has 1 heterocycles. The molecule has 5 nitrogen and oxygen atoms in total. The van der Waals surface area contributed by atoms with Crippen LogP contribution >= 0.6 is 0 Å². The molecule has 0 unspecified atom stereocenters. The second kappa shape index (κ2) is 8.12. The summed E-state index contributed by atoms with van der Waals surface area (Å²) in [5.74, 6) is 0.238. The summed E-state index contributed by atoms with van der Waals surface area (Å²) in [6.45, 7) is 7.33. The number of rotatable bonds is 6. The van der Waals surface area contributed by atoms with E-state index in [4.69, 9.17) is 0 Å². The van der Waals surface area contributed by atoms with Crippen LogP contribution in [-0.2, 0) is 15.8 Å². The van der Waals surface area contributed by atoms with Crippen molar-refractivity contribution in [2.24, 2.45) is 5.92 Å². The highest BCUT2D eigenvalue weighted by Crippen LogP contribution is 2.17. The van der Waals surface area contributed by atoms with Gasteiger partial charge in [-0.05, 0) is 43.4 Å². The van der Waals surface area contributed by atoms with E-state index in [-0.39, 0.29) is 17.7 Å². The summed E-state index contributed by atoms with van der Waals surface area (Å²) in [7, 11) is -3.27. The van der Waals surface area contributed by atoms with Gasteiger partial charge < -0.3 is 5.32 Å². The van der Waals surface area contributed by atoms with Crippen LogP contribution in [0.2, 0.25) is 0 Å². The van der Waals surface area contributed by atoms with Crippen molar-refractivity contribution in [2.75, 3.05) is 13.1 Å². The van der Waals surface area contributed by atoms with Gasteiger partial charge in [0.05, 0.1) is 5.75 Å². The molecule has 2 rings (SSSR count). The van der Waals surface area contributed by atoms with Crippen LogP contribution in [0.25, 0.3) is 0 Å². The normalized spacial score (nSPS) is 17.7. The third kappa shape index (κ3) is 5.05. The first-order valence-corrected chi connectivity index (χ1v) is 10.3. The number of nitrogens with zero attached hydrogens (tertiary/aromatic N) is 1. The number of hydrogen-bond donors (Lipinski definition) is 1. The molecule has 1 aliphatic rings. The predicted octanol–water partition coefficient (Wildman–Crippen LogP) is 2.78. The molecular weight excluding hydrogens is 324 g/mol. The Kier molecular flexibility index (Phi) is 6.40. The molecule has 0 aliphatic carbocycles. The highest BCUT2D eigenvalue weighted by Gasteiger charge is 2.24. The van der Waals surface area contributed by atoms with Gasteiger partial charge in [-0.25, -0.2) is 12.7 Å². The molecule has 0 spiro atoms. The fraction of sp³-hybridized carbons (Fsp3) is 0.611. The third-order valence-electron chi connectivity index (χ3n) is 4.63. The van der Waals surface area contributed by atoms with E-state index >= 15 is 0 Å². The number of carbonyl (C=O) groups is 1. The van der Waals surface area contributed by atoms with Crippen molar-refractivity contribution < 1.29 is 13.2 Å². The minimum atomic E-state index is -3.27. The molecule has 1 amide bonds. The van der Waals surface area contributed by atoms with Gasteiger partial charge in [-0.15, -0.1) is 0 Å². The quantitative estimate of drug-likeness (QED) is 0.856. The van der Waals surface area contributed by atoms with Crippen molar-refractivity contribution in [3.8, 4) is 0 Å². The molecule has 0 bridgehead atoms. The van der Waals surface area contributed by atoms with Crippen molar-refractivity contribution in [1.29, 1.82) is 0 Å². The lowest BCUT2D eigenvalue weighted by atomic mass is 10.1. The molecule has 1 aromatic carbocycles. The smallest absolute Gasteiger partial charge is 0.251 e. The molecule has 1 aromatic rings. The molecule has 0 radical (unpaired) electrons. The van der Waals surface area contributed by atoms with Crippen molar-refractivity contribution >= 4 is 15.9 Å². The van der Waals surface area contributed by atoms with Crippen LogP contribution in [0.4, 0.5) is 0 Å². The molecule has 0 aromatic heterocycles. The van der Waals surface area contributed by atoms with Crippen LogP contribution < -0.4 is 5.32 Å². The zero-order valence-electron chi connectivity index (χ0n) is 14.8. The van der Waals surface area contributed by atoms with E-state index in [1.54, 1.807) is 28.6 Å². The molecule has 1 fully saturated rings. The Morgan fingerprint density at radius 2 is 1.67 bits per heavy atom. The number of amides is 1. The van der Waals surface area contributed by atoms with Crippen molar-refractivity contribution in [1.82, 2.24) is 9.62 Å². The average Bonchev–Trinajstić information content (AvgIpc) is 2.55. The highest BCUT2D eigenvalue weighted by atomic mass is 32.2. The summed E-state index contributed by atoms with van der Waals surface area (Å²) in [6.07, 6.45) is 2.98. The number of sulfonamides is 1. The van der Waals surface area contributed by atoms with Gasteiger partial charge >= 0.3 is 0 Å². The minimum absolute atomic E-state index is 0.00268. The van der Waals surface area contributed by atoms with E-state index in [1.807, 2.05) is 6.92 Å². The maximum atomic E-state index is 12.4. The molecular formula is C18H28N2O3S. The van der Waals surface area contributed by atoms with Crippen LogP contribution in [0.1, 0.15) is 56.0 Å². The molecule has 6 heteroatoms. The zero-order valence-corrected chi connectivity index (χ0v) is 15.6. The summed E-state index contributed by atoms with van der Waals surface area (Å²) >= 11 is 0. The fourth-order valence-electron chi connectivity index (χ4n) is 2.65. The van der Waals surface area contributed by atoms with Gasteiger partial charge in [0.1, 0.15) is 0 Å². The van der Waals surface area contributed by atoms with E-state index in [9.17, 15) is 13.2 Å². The molecule has 1 N–H and O–H groups in total. The maximum absolute atomic E-state index is 12.4. The Morgan fingerprint density at radius 3 is 2.21 bits per heavy atom. The second-order valence-electron chi connectivity index (χ2n) is 6.92. The lowest BCUT2D eigenvalue weighted by Crippen LogP contribution is -2.36. The Morgan fingerprint density at radius 1 is 1.08 bits per heavy atom. The molecule has 1 aliphatic heterocycles. The number of nitrogens with one attached hydrogen (secondary N) is 1. The van der Waals surface area contributed by atoms with Crippen LogP contribution in [-0.4, -0.2) is 37.8 Å². The fourth-order valence-corrected chi connectivity index (χ4v) is 4.26. The summed E-state index contributed by atoms with van der Waals surface area (Å²) < 4.78 is 26.5. The lowest BCUT2D eigenvalue weighted by Gasteiger charge is -2.25. The summed E-state index contributed by atoms with van der Waals surface area (Å²) in [5, 5.41) is 2.95. The van der Waals surface area contributed by atoms with Gasteiger partial charge in [0.15, 0.2) is 0 Å². The Hall–Kier alpha value is -1.40. The van der Waals surface area contributed by atoms with E-state index in [2.05, 4.69) is 19.2 Å². The van der Waals surface area contributed by atoms with E-state index in [1.165, 1.54) is 0 Å². The zero-order chi connectivity index (χ0) is 17.7. The maximum Gasteiger partial charge on any atom is 0.251 e. The van der Waals surface area contributed by atoms with Crippen LogP contribution in [0.15, 0.2) is 24.3 Å². The number of hydrogen-bond acceptors (Lipinski definition) is 3. The molecule has 1 atom stereocenters. The first-order valence-electron chi connectivity index (χ1n) is 8.67. The van der Waals surface area contributed by atoms with Crippen LogP contribution in [0.5, 0.6) is 0 Å². The Bertz CT molecular complexity index is 647. The summed E-state index contributed by atoms with van der Waals surface area (Å²) in [5.41, 5.74) is 1.27. The third-order valence-corrected chi connectivity index (χ3v) is 6.48. The summed E-state index contributed by atoms with van der Waals surface area (Å²) in [4.78, 5) is 12.2. The van der Waals surface area contributed by atoms with Gasteiger partial charge in [0, 0.05) is 24.7 Å². The van der Waals surface area contributed by atoms with Gasteiger partial charge in [-0.1, -0.05) is 32.4 Å². The van der Waals surface area contributed by atoms with Crippen molar-refractivity contribution in [2.45, 2.75) is 51.8 Å². The monoisotopic (exact) mass is 352 g/mol. The van der Waals surface area contributed by atoms with Gasteiger partial charge in [0.2, 0.25) is 10.0 Å². The SMILES string of the molecule is CC(C)[C@H](C)NC(=O)c1ccc(CS(=O)(=O)N2CCCCC2)cc1. The van der Waals surface area contributed by atoms with E-state index in [0.717, 1.165) is 19.3 Å². The topological polar surface area (TPSA) is 66.5 Å². The minimum Gasteiger partial charge on any atom is -0.349 e. The van der Waals surface area contributed by atoms with E-state index < -0.39 is 10.0 Å². The standard InChI is InChI=1S/C18H28N2O3S/c1-14(2)15(3)19-18(21)17-9-7-16(8-10-17)13-24(22,23)20-11-5-4-6-12-20/h7-10,14-15H,4-6,11-13H2,1-3H3,(H,19,21)/t15-/m0/s1. The second-order valence-corrected chi connectivity index (χ2v) is 8.89. The predicted molar refractivity (Wildman–Crippen MR) is 96.3 cm³/mol. The first-order chi connectivity index (χ1) is 11.3. The van der Waals surface area contributed by atoms with E-state index in [0.29, 0.717) is 30.1 Å². The van der Waals surface area contributed by atoms with Crippen molar-refractivity contribution in [3.63, 3.8) is 0 Å². The highest BCUT2D eigenvalue weighted by molar-refractivity contribution is 7.88. The Balaban J connectivity index is 2.00. The van der Waals surface area contributed by atoms with Gasteiger partial charge in [0.25, 0.3) is 5.91 Å². The van der Waals surface area contributed by atoms with Crippen LogP contribution in [0, 0.1) is 5.92 Å². The largest absolute Gasteiger partial charge is 0.349 e. The Labute approximate surface area is 145 Å². The summed E-state index contributed by atoms with van der Waals surface area (Å²) in [6, 6.07) is 6.96. The van der Waals surface area contributed by atoms with Crippen molar-refractivity contribution in [3.05, 3.63) is 35.4 Å². The number of piperidine rings is 1. The molecule has 1 saturated heterocycles. The van der Waals surface area contributed by atoms with Gasteiger partial charge in [-0.3, -0.25) is 4.79 Å². The lowest BCUT2D eigenvalue weighted by molar-refractivity contribution is 0.0930. The van der Waals surface area contributed by atoms with Crippen LogP contribution in [0.3, 0.4) is 0 Å². The average molecular weight is 353 g/mol. The molecule has 0 saturated carbocycles. The van der Waals surface area contributed by atoms with Gasteiger partial charge in [-0.2, -0.15) is 0 Å². The first kappa shape index (κ1) is 18.9. The number of benzene rings is 1.